The summed E-state index contributed by atoms with van der Waals surface area (Å²) in [6.45, 7) is 9.34. The van der Waals surface area contributed by atoms with Crippen molar-refractivity contribution in [2.45, 2.75) is 13.8 Å². The van der Waals surface area contributed by atoms with Gasteiger partial charge in [-0.3, -0.25) is 14.2 Å². The Morgan fingerprint density at radius 2 is 1.93 bits per heavy atom. The first-order valence-electron chi connectivity index (χ1n) is 14.0. The highest BCUT2D eigenvalue weighted by molar-refractivity contribution is 6.06. The first kappa shape index (κ1) is 30.2. The smallest absolute Gasteiger partial charge is 0.271 e. The summed E-state index contributed by atoms with van der Waals surface area (Å²) in [5.41, 5.74) is 0.894. The van der Waals surface area contributed by atoms with Crippen molar-refractivity contribution in [2.24, 2.45) is 0 Å². The van der Waals surface area contributed by atoms with E-state index in [0.717, 1.165) is 17.8 Å². The molecule has 3 aromatic heterocycles. The highest BCUT2D eigenvalue weighted by atomic mass is 19.1. The van der Waals surface area contributed by atoms with Crippen LogP contribution in [0.25, 0.3) is 11.2 Å². The Balaban J connectivity index is 1.41. The molecule has 0 saturated carbocycles. The van der Waals surface area contributed by atoms with Gasteiger partial charge >= 0.3 is 0 Å². The van der Waals surface area contributed by atoms with Crippen molar-refractivity contribution in [1.82, 2.24) is 14.2 Å². The van der Waals surface area contributed by atoms with Gasteiger partial charge in [-0.05, 0) is 50.3 Å². The summed E-state index contributed by atoms with van der Waals surface area (Å²) in [5.74, 6) is -1.86. The number of pyridine rings is 2. The van der Waals surface area contributed by atoms with E-state index >= 15 is 4.39 Å². The standard InChI is InChI=1S/C32H31F2N5O5/c1-4-23(8-6-21(3)33)38-13-11-28(43-5-2)30(32(38)41)31(40)36-22-7-9-27(25(34)18-22)44-29-19-24(37-14-16-42-17-15-37)20-39-26(29)10-12-35-39/h4,6-13,18-20H,3,5,14-17H2,1-2H3,(H,36,40)/b8-6-,23-4+. The third kappa shape index (κ3) is 6.55. The number of halogens is 2. The first-order chi connectivity index (χ1) is 21.3. The molecule has 228 valence electrons. The summed E-state index contributed by atoms with van der Waals surface area (Å²) in [4.78, 5) is 28.9. The molecule has 1 N–H and O–H groups in total. The summed E-state index contributed by atoms with van der Waals surface area (Å²) in [5, 5.41) is 6.88. The fraction of sp³-hybridized carbons (Fsp3) is 0.219. The zero-order valence-electron chi connectivity index (χ0n) is 24.3. The van der Waals surface area contributed by atoms with E-state index in [1.165, 1.54) is 35.0 Å². The minimum absolute atomic E-state index is 0.0472. The molecule has 12 heteroatoms. The number of hydrogen-bond acceptors (Lipinski definition) is 7. The van der Waals surface area contributed by atoms with Gasteiger partial charge in [-0.1, -0.05) is 12.7 Å². The maximum Gasteiger partial charge on any atom is 0.271 e. The normalized spacial score (nSPS) is 13.8. The fourth-order valence-electron chi connectivity index (χ4n) is 4.73. The molecule has 1 fully saturated rings. The largest absolute Gasteiger partial charge is 0.493 e. The Labute approximate surface area is 252 Å². The Bertz CT molecular complexity index is 1820. The van der Waals surface area contributed by atoms with Crippen LogP contribution in [0.4, 0.5) is 20.2 Å². The van der Waals surface area contributed by atoms with Gasteiger partial charge in [-0.25, -0.2) is 13.3 Å². The van der Waals surface area contributed by atoms with Gasteiger partial charge < -0.3 is 24.4 Å². The first-order valence-corrected chi connectivity index (χ1v) is 14.0. The van der Waals surface area contributed by atoms with Gasteiger partial charge in [0, 0.05) is 42.8 Å². The van der Waals surface area contributed by atoms with Crippen molar-refractivity contribution in [3.8, 4) is 17.2 Å². The molecule has 1 aliphatic heterocycles. The Hall–Kier alpha value is -5.23. The van der Waals surface area contributed by atoms with Crippen molar-refractivity contribution in [3.63, 3.8) is 0 Å². The molecule has 4 heterocycles. The second-order valence-electron chi connectivity index (χ2n) is 9.68. The van der Waals surface area contributed by atoms with Crippen LogP contribution in [-0.4, -0.2) is 53.0 Å². The van der Waals surface area contributed by atoms with E-state index in [2.05, 4.69) is 21.9 Å². The van der Waals surface area contributed by atoms with Crippen LogP contribution in [0.15, 0.2) is 90.4 Å². The number of hydrogen-bond donors (Lipinski definition) is 1. The summed E-state index contributed by atoms with van der Waals surface area (Å²) >= 11 is 0. The molecule has 44 heavy (non-hydrogen) atoms. The number of aromatic nitrogens is 3. The number of carbonyl (C=O) groups is 1. The van der Waals surface area contributed by atoms with Gasteiger partial charge in [0.25, 0.3) is 11.5 Å². The third-order valence-corrected chi connectivity index (χ3v) is 6.83. The molecule has 0 aliphatic carbocycles. The minimum Gasteiger partial charge on any atom is -0.493 e. The van der Waals surface area contributed by atoms with E-state index in [1.54, 1.807) is 36.7 Å². The SMILES string of the molecule is C=C(F)/C=C\C(=C/C)n1ccc(OCC)c(C(=O)Nc2ccc(Oc3cc(N4CCOCC4)cn4nccc34)c(F)c2)c1=O. The molecule has 1 aliphatic rings. The lowest BCUT2D eigenvalue weighted by Crippen LogP contribution is -2.36. The molecule has 10 nitrogen and oxygen atoms in total. The average Bonchev–Trinajstić information content (AvgIpc) is 3.49. The summed E-state index contributed by atoms with van der Waals surface area (Å²) in [6, 6.07) is 8.99. The molecule has 0 unspecified atom stereocenters. The maximum absolute atomic E-state index is 15.3. The third-order valence-electron chi connectivity index (χ3n) is 6.83. The van der Waals surface area contributed by atoms with Gasteiger partial charge in [0.1, 0.15) is 22.7 Å². The fourth-order valence-corrected chi connectivity index (χ4v) is 4.73. The van der Waals surface area contributed by atoms with Crippen LogP contribution >= 0.6 is 0 Å². The van der Waals surface area contributed by atoms with Crippen LogP contribution < -0.4 is 25.2 Å². The predicted molar refractivity (Wildman–Crippen MR) is 164 cm³/mol. The van der Waals surface area contributed by atoms with Crippen LogP contribution in [0.5, 0.6) is 17.2 Å². The van der Waals surface area contributed by atoms with Crippen molar-refractivity contribution in [2.75, 3.05) is 43.1 Å². The maximum atomic E-state index is 15.3. The van der Waals surface area contributed by atoms with Crippen molar-refractivity contribution >= 4 is 28.5 Å². The highest BCUT2D eigenvalue weighted by Crippen LogP contribution is 2.33. The van der Waals surface area contributed by atoms with Crippen LogP contribution in [0.3, 0.4) is 0 Å². The predicted octanol–water partition coefficient (Wildman–Crippen LogP) is 5.82. The van der Waals surface area contributed by atoms with E-state index in [0.29, 0.717) is 43.3 Å². The molecule has 0 atom stereocenters. The molecule has 0 spiro atoms. The van der Waals surface area contributed by atoms with Gasteiger partial charge in [0.15, 0.2) is 17.3 Å². The Kier molecular flexibility index (Phi) is 9.20. The molecule has 5 rings (SSSR count). The number of amides is 1. The highest BCUT2D eigenvalue weighted by Gasteiger charge is 2.22. The minimum atomic E-state index is -0.811. The zero-order chi connectivity index (χ0) is 31.2. The number of nitrogens with zero attached hydrogens (tertiary/aromatic N) is 4. The van der Waals surface area contributed by atoms with Crippen LogP contribution in [0.2, 0.25) is 0 Å². The summed E-state index contributed by atoms with van der Waals surface area (Å²) < 4.78 is 48.4. The van der Waals surface area contributed by atoms with Crippen LogP contribution in [0, 0.1) is 5.82 Å². The quantitative estimate of drug-likeness (QED) is 0.228. The number of nitrogens with one attached hydrogen (secondary N) is 1. The van der Waals surface area contributed by atoms with Crippen LogP contribution in [-0.2, 0) is 4.74 Å². The molecule has 0 bridgehead atoms. The van der Waals surface area contributed by atoms with E-state index in [4.69, 9.17) is 14.2 Å². The van der Waals surface area contributed by atoms with Crippen molar-refractivity contribution in [1.29, 1.82) is 0 Å². The van der Waals surface area contributed by atoms with Crippen LogP contribution in [0.1, 0.15) is 24.2 Å². The lowest BCUT2D eigenvalue weighted by Gasteiger charge is -2.29. The molecule has 1 amide bonds. The molecule has 1 aromatic carbocycles. The Morgan fingerprint density at radius 1 is 1.14 bits per heavy atom. The summed E-state index contributed by atoms with van der Waals surface area (Å²) in [7, 11) is 0. The zero-order valence-corrected chi connectivity index (χ0v) is 24.3. The van der Waals surface area contributed by atoms with Gasteiger partial charge in [-0.2, -0.15) is 5.10 Å². The molecular formula is C32H31F2N5O5. The number of allylic oxidation sites excluding steroid dienone is 5. The van der Waals surface area contributed by atoms with E-state index in [1.807, 2.05) is 12.3 Å². The monoisotopic (exact) mass is 603 g/mol. The number of benzene rings is 1. The van der Waals surface area contributed by atoms with Gasteiger partial charge in [-0.15, -0.1) is 0 Å². The number of carbonyl (C=O) groups excluding carboxylic acids is 1. The number of anilines is 2. The summed E-state index contributed by atoms with van der Waals surface area (Å²) in [6.07, 6.45) is 8.95. The van der Waals surface area contributed by atoms with E-state index in [9.17, 15) is 14.0 Å². The van der Waals surface area contributed by atoms with Gasteiger partial charge in [0.2, 0.25) is 0 Å². The lowest BCUT2D eigenvalue weighted by molar-refractivity contribution is 0.102. The average molecular weight is 604 g/mol. The van der Waals surface area contributed by atoms with E-state index < -0.39 is 23.1 Å². The number of rotatable bonds is 10. The molecule has 4 aromatic rings. The Morgan fingerprint density at radius 3 is 2.64 bits per heavy atom. The topological polar surface area (TPSA) is 99.3 Å². The number of ether oxygens (including phenoxy) is 3. The molecular weight excluding hydrogens is 572 g/mol. The van der Waals surface area contributed by atoms with Crippen molar-refractivity contribution in [3.05, 3.63) is 107 Å². The van der Waals surface area contributed by atoms with E-state index in [-0.39, 0.29) is 29.4 Å². The van der Waals surface area contributed by atoms with Gasteiger partial charge in [0.05, 0.1) is 37.9 Å². The molecule has 0 radical (unpaired) electrons. The second-order valence-corrected chi connectivity index (χ2v) is 9.68. The van der Waals surface area contributed by atoms with Crippen molar-refractivity contribution < 1.29 is 27.8 Å². The number of morpholine rings is 1. The molecule has 1 saturated heterocycles. The lowest BCUT2D eigenvalue weighted by atomic mass is 10.2. The second kappa shape index (κ2) is 13.4. The number of fused-ring (bicyclic) bond motifs is 1.